The van der Waals surface area contributed by atoms with Crippen LogP contribution in [0.3, 0.4) is 0 Å². The molecule has 5 fully saturated rings. The zero-order valence-corrected chi connectivity index (χ0v) is 37.7. The van der Waals surface area contributed by atoms with Gasteiger partial charge in [-0.3, -0.25) is 43.9 Å². The monoisotopic (exact) mass is 925 g/mol. The van der Waals surface area contributed by atoms with Crippen molar-refractivity contribution in [3.05, 3.63) is 83.9 Å². The molecule has 19 heteroatoms. The summed E-state index contributed by atoms with van der Waals surface area (Å²) in [7, 11) is 0. The van der Waals surface area contributed by atoms with Crippen LogP contribution in [0, 0.1) is 5.92 Å². The number of phenols is 1. The highest BCUT2D eigenvalue weighted by Crippen LogP contribution is 2.40. The van der Waals surface area contributed by atoms with Crippen LogP contribution in [0.25, 0.3) is 11.3 Å². The van der Waals surface area contributed by atoms with E-state index < -0.39 is 29.7 Å². The van der Waals surface area contributed by atoms with Crippen molar-refractivity contribution in [2.75, 3.05) is 92.5 Å². The fourth-order valence-electron chi connectivity index (χ4n) is 10.8. The van der Waals surface area contributed by atoms with Gasteiger partial charge >= 0.3 is 0 Å². The van der Waals surface area contributed by atoms with Gasteiger partial charge in [-0.2, -0.15) is 0 Å². The van der Waals surface area contributed by atoms with E-state index in [9.17, 15) is 33.9 Å². The van der Waals surface area contributed by atoms with E-state index in [1.165, 1.54) is 0 Å². The second kappa shape index (κ2) is 18.8. The Balaban J connectivity index is 0.650. The molecule has 0 radical (unpaired) electrons. The maximum absolute atomic E-state index is 13.6. The fraction of sp³-hybridized carbons (Fsp3) is 0.429. The molecule has 2 bridgehead atoms. The number of benzene rings is 3. The van der Waals surface area contributed by atoms with Crippen molar-refractivity contribution in [1.29, 1.82) is 0 Å². The summed E-state index contributed by atoms with van der Waals surface area (Å²) in [6.07, 6.45) is 3.23. The number of nitrogens with two attached hydrogens (primary N) is 1. The minimum atomic E-state index is -1.05. The highest BCUT2D eigenvalue weighted by atomic mass is 16.5. The number of rotatable bonds is 12. The summed E-state index contributed by atoms with van der Waals surface area (Å²) in [5.74, 6) is -1.50. The summed E-state index contributed by atoms with van der Waals surface area (Å²) in [5.41, 5.74) is 10.5. The normalized spacial score (nSPS) is 22.1. The number of phenolic OH excluding ortho intramolecular Hbond substituents is 1. The number of anilines is 4. The summed E-state index contributed by atoms with van der Waals surface area (Å²) in [4.78, 5) is 89.4. The van der Waals surface area contributed by atoms with Gasteiger partial charge in [0, 0.05) is 101 Å². The molecular weight excluding hydrogens is 871 g/mol. The Kier molecular flexibility index (Phi) is 12.3. The van der Waals surface area contributed by atoms with Crippen molar-refractivity contribution < 1.29 is 38.6 Å². The molecule has 6 aliphatic heterocycles. The van der Waals surface area contributed by atoms with Gasteiger partial charge in [-0.25, -0.2) is 0 Å². The van der Waals surface area contributed by atoms with Gasteiger partial charge in [0.1, 0.15) is 24.1 Å². The van der Waals surface area contributed by atoms with Crippen molar-refractivity contribution in [3.63, 3.8) is 0 Å². The standard InChI is InChI=1S/C49H55N11O8/c50-45-40(26-37(53-54-45)35-7-1-2-10-41(35)61)58-28-32-11-12-33(29-58)59(32)31-5-3-6-34(25-31)68-24-23-55-19-21-57(22-20-55)43(63)27-51-46(64)30-15-17-56(18-16-30)38-9-4-8-36-44(38)49(67)60(48(36)66)39-13-14-42(62)52-47(39)65/h1-10,25-26,30,32-33,39,61H,11-24,27-29H2,(H2,50,54)(H,51,64)(H,52,62,65). The first-order valence-electron chi connectivity index (χ1n) is 23.6. The number of carbonyl (C=O) groups is 6. The van der Waals surface area contributed by atoms with Crippen LogP contribution >= 0.6 is 0 Å². The highest BCUT2D eigenvalue weighted by molar-refractivity contribution is 6.25. The number of piperazine rings is 2. The second-order valence-electron chi connectivity index (χ2n) is 18.4. The van der Waals surface area contributed by atoms with Crippen LogP contribution in [-0.4, -0.2) is 156 Å². The van der Waals surface area contributed by atoms with E-state index >= 15 is 0 Å². The maximum Gasteiger partial charge on any atom is 0.264 e. The molecule has 1 aromatic heterocycles. The van der Waals surface area contributed by atoms with Crippen LogP contribution in [0.2, 0.25) is 0 Å². The molecule has 6 amide bonds. The smallest absolute Gasteiger partial charge is 0.264 e. The van der Waals surface area contributed by atoms with Crippen LogP contribution in [0.4, 0.5) is 22.9 Å². The zero-order valence-electron chi connectivity index (χ0n) is 37.7. The topological polar surface area (TPSA) is 227 Å². The van der Waals surface area contributed by atoms with E-state index in [1.54, 1.807) is 35.2 Å². The predicted octanol–water partition coefficient (Wildman–Crippen LogP) is 2.25. The van der Waals surface area contributed by atoms with Gasteiger partial charge in [0.25, 0.3) is 11.8 Å². The number of nitrogen functional groups attached to an aromatic ring is 1. The lowest BCUT2D eigenvalue weighted by atomic mass is 9.94. The summed E-state index contributed by atoms with van der Waals surface area (Å²) < 4.78 is 6.28. The van der Waals surface area contributed by atoms with Gasteiger partial charge in [-0.05, 0) is 74.6 Å². The Labute approximate surface area is 393 Å². The number of nitrogens with one attached hydrogen (secondary N) is 2. The van der Waals surface area contributed by atoms with Crippen LogP contribution in [0.1, 0.15) is 59.2 Å². The molecule has 0 aliphatic carbocycles. The Morgan fingerprint density at radius 1 is 0.779 bits per heavy atom. The van der Waals surface area contributed by atoms with E-state index in [-0.39, 0.29) is 66.1 Å². The SMILES string of the molecule is Nc1nnc(-c2ccccc2O)cc1N1CC2CCC(C1)N2c1cccc(OCCN2CCN(C(=O)CNC(=O)C3CCN(c4cccc5c4C(=O)N(C4CCC(=O)NC4=O)C5=O)CC3)CC2)c1. The Hall–Kier alpha value is -7.28. The number of fused-ring (bicyclic) bond motifs is 3. The number of aromatic nitrogens is 2. The molecule has 5 N–H and O–H groups in total. The summed E-state index contributed by atoms with van der Waals surface area (Å²) >= 11 is 0. The molecule has 3 aromatic carbocycles. The summed E-state index contributed by atoms with van der Waals surface area (Å²) in [6.45, 7) is 6.13. The number of nitrogens with zero attached hydrogens (tertiary/aromatic N) is 8. The molecule has 68 heavy (non-hydrogen) atoms. The maximum atomic E-state index is 13.6. The van der Waals surface area contributed by atoms with Gasteiger partial charge in [0.15, 0.2) is 5.82 Å². The largest absolute Gasteiger partial charge is 0.507 e. The lowest BCUT2D eigenvalue weighted by molar-refractivity contribution is -0.136. The number of imide groups is 2. The fourth-order valence-corrected chi connectivity index (χ4v) is 10.8. The van der Waals surface area contributed by atoms with Crippen LogP contribution in [0.5, 0.6) is 11.5 Å². The molecule has 6 aliphatic rings. The van der Waals surface area contributed by atoms with Gasteiger partial charge < -0.3 is 40.5 Å². The van der Waals surface area contributed by atoms with E-state index in [4.69, 9.17) is 10.5 Å². The average Bonchev–Trinajstić information content (AvgIpc) is 3.77. The number of amides is 6. The lowest BCUT2D eigenvalue weighted by Gasteiger charge is -2.43. The second-order valence-corrected chi connectivity index (χ2v) is 18.4. The molecule has 3 unspecified atom stereocenters. The van der Waals surface area contributed by atoms with Gasteiger partial charge in [0.2, 0.25) is 23.6 Å². The van der Waals surface area contributed by atoms with Gasteiger partial charge in [-0.1, -0.05) is 24.3 Å². The van der Waals surface area contributed by atoms with Crippen molar-refractivity contribution in [2.45, 2.75) is 56.7 Å². The van der Waals surface area contributed by atoms with E-state index in [0.717, 1.165) is 48.0 Å². The Morgan fingerprint density at radius 3 is 2.26 bits per heavy atom. The summed E-state index contributed by atoms with van der Waals surface area (Å²) in [6, 6.07) is 21.9. The van der Waals surface area contributed by atoms with Crippen LogP contribution < -0.4 is 35.8 Å². The first-order chi connectivity index (χ1) is 33.0. The zero-order chi connectivity index (χ0) is 47.1. The number of ether oxygens (including phenoxy) is 1. The Morgan fingerprint density at radius 2 is 1.51 bits per heavy atom. The average molecular weight is 926 g/mol. The lowest BCUT2D eigenvalue weighted by Crippen LogP contribution is -2.54. The molecule has 354 valence electrons. The van der Waals surface area contributed by atoms with Crippen molar-refractivity contribution in [3.8, 4) is 22.8 Å². The number of aromatic hydroxyl groups is 1. The third-order valence-corrected chi connectivity index (χ3v) is 14.4. The minimum absolute atomic E-state index is 0.0432. The van der Waals surface area contributed by atoms with E-state index in [0.29, 0.717) is 88.0 Å². The molecule has 4 aromatic rings. The first kappa shape index (κ1) is 44.6. The Bertz CT molecular complexity index is 2630. The third kappa shape index (κ3) is 8.73. The molecular formula is C49H55N11O8. The van der Waals surface area contributed by atoms with Crippen LogP contribution in [0.15, 0.2) is 72.8 Å². The van der Waals surface area contributed by atoms with E-state index in [2.05, 4.69) is 47.7 Å². The van der Waals surface area contributed by atoms with Gasteiger partial charge in [-0.15, -0.1) is 10.2 Å². The van der Waals surface area contributed by atoms with E-state index in [1.807, 2.05) is 35.2 Å². The molecule has 3 atom stereocenters. The van der Waals surface area contributed by atoms with Crippen molar-refractivity contribution in [2.24, 2.45) is 5.92 Å². The molecule has 19 nitrogen and oxygen atoms in total. The first-order valence-corrected chi connectivity index (χ1v) is 23.6. The molecule has 10 rings (SSSR count). The third-order valence-electron chi connectivity index (χ3n) is 14.4. The number of piperidine rings is 2. The quantitative estimate of drug-likeness (QED) is 0.150. The van der Waals surface area contributed by atoms with Crippen LogP contribution in [-0.2, 0) is 19.2 Å². The minimum Gasteiger partial charge on any atom is -0.507 e. The summed E-state index contributed by atoms with van der Waals surface area (Å²) in [5, 5.41) is 24.0. The highest BCUT2D eigenvalue weighted by Gasteiger charge is 2.46. The number of hydrogen-bond acceptors (Lipinski definition) is 15. The number of para-hydroxylation sites is 1. The van der Waals surface area contributed by atoms with Gasteiger partial charge in [0.05, 0.1) is 34.7 Å². The molecule has 0 spiro atoms. The predicted molar refractivity (Wildman–Crippen MR) is 251 cm³/mol. The number of hydrogen-bond donors (Lipinski definition) is 4. The molecule has 5 saturated heterocycles. The number of carbonyl (C=O) groups excluding carboxylic acids is 6. The molecule has 0 saturated carbocycles. The molecule has 7 heterocycles. The van der Waals surface area contributed by atoms with Crippen molar-refractivity contribution in [1.82, 2.24) is 35.5 Å². The van der Waals surface area contributed by atoms with Crippen molar-refractivity contribution >= 4 is 58.3 Å².